The molecule has 0 bridgehead atoms. The van der Waals surface area contributed by atoms with Gasteiger partial charge in [0.25, 0.3) is 11.2 Å². The predicted octanol–water partition coefficient (Wildman–Crippen LogP) is 0.704. The topological polar surface area (TPSA) is 129 Å². The summed E-state index contributed by atoms with van der Waals surface area (Å²) < 4.78 is 1.30. The van der Waals surface area contributed by atoms with Gasteiger partial charge < -0.3 is 4.57 Å². The Labute approximate surface area is 118 Å². The highest BCUT2D eigenvalue weighted by molar-refractivity contribution is 9.10. The van der Waals surface area contributed by atoms with E-state index in [9.17, 15) is 14.9 Å². The molecule has 11 heteroatoms. The third-order valence-electron chi connectivity index (χ3n) is 2.13. The van der Waals surface area contributed by atoms with Crippen LogP contribution in [0, 0.1) is 10.1 Å². The molecule has 2 heterocycles. The maximum Gasteiger partial charge on any atom is 0.286 e. The molecule has 0 atom stereocenters. The number of rotatable bonds is 4. The van der Waals surface area contributed by atoms with Gasteiger partial charge in [0.2, 0.25) is 5.13 Å². The zero-order chi connectivity index (χ0) is 14.0. The second kappa shape index (κ2) is 5.42. The predicted molar refractivity (Wildman–Crippen MR) is 71.9 cm³/mol. The molecule has 9 nitrogen and oxygen atoms in total. The number of pyridine rings is 1. The van der Waals surface area contributed by atoms with Crippen molar-refractivity contribution >= 4 is 38.1 Å². The SMILES string of the molecule is NNc1nnc(Cn2cc([N+](=O)[O-])cc(Br)c2=O)s1. The minimum atomic E-state index is -0.576. The number of hydrogen-bond donors (Lipinski definition) is 2. The quantitative estimate of drug-likeness (QED) is 0.473. The fourth-order valence-corrected chi connectivity index (χ4v) is 2.43. The summed E-state index contributed by atoms with van der Waals surface area (Å²) in [6.07, 6.45) is 1.16. The van der Waals surface area contributed by atoms with Crippen molar-refractivity contribution in [2.75, 3.05) is 5.43 Å². The Hall–Kier alpha value is -1.85. The summed E-state index contributed by atoms with van der Waals surface area (Å²) in [6.45, 7) is 0.0818. The summed E-state index contributed by atoms with van der Waals surface area (Å²) in [5.41, 5.74) is 1.76. The van der Waals surface area contributed by atoms with Gasteiger partial charge in [-0.15, -0.1) is 10.2 Å². The van der Waals surface area contributed by atoms with Crippen LogP contribution in [0.25, 0.3) is 0 Å². The molecule has 0 fully saturated rings. The van der Waals surface area contributed by atoms with E-state index in [-0.39, 0.29) is 22.3 Å². The summed E-state index contributed by atoms with van der Waals surface area (Å²) in [7, 11) is 0. The second-order valence-corrected chi connectivity index (χ2v) is 5.30. The van der Waals surface area contributed by atoms with E-state index in [0.29, 0.717) is 10.1 Å². The fraction of sp³-hybridized carbons (Fsp3) is 0.125. The number of hydrazine groups is 1. The normalized spacial score (nSPS) is 10.4. The molecule has 0 radical (unpaired) electrons. The third-order valence-corrected chi connectivity index (χ3v) is 3.54. The van der Waals surface area contributed by atoms with Crippen LogP contribution in [0.15, 0.2) is 21.5 Å². The molecule has 0 unspecified atom stereocenters. The molecular formula is C8H7BrN6O3S. The molecule has 2 aromatic heterocycles. The summed E-state index contributed by atoms with van der Waals surface area (Å²) in [4.78, 5) is 22.0. The molecule has 0 aliphatic carbocycles. The lowest BCUT2D eigenvalue weighted by atomic mass is 10.4. The molecular weight excluding hydrogens is 340 g/mol. The molecule has 0 aliphatic heterocycles. The van der Waals surface area contributed by atoms with Crippen molar-refractivity contribution in [2.45, 2.75) is 6.54 Å². The maximum atomic E-state index is 11.8. The van der Waals surface area contributed by atoms with Gasteiger partial charge in [0, 0.05) is 6.07 Å². The van der Waals surface area contributed by atoms with E-state index in [0.717, 1.165) is 23.6 Å². The van der Waals surface area contributed by atoms with E-state index >= 15 is 0 Å². The smallest absolute Gasteiger partial charge is 0.286 e. The highest BCUT2D eigenvalue weighted by Gasteiger charge is 2.13. The lowest BCUT2D eigenvalue weighted by Gasteiger charge is -2.03. The van der Waals surface area contributed by atoms with Crippen LogP contribution in [0.1, 0.15) is 5.01 Å². The lowest BCUT2D eigenvalue weighted by molar-refractivity contribution is -0.385. The van der Waals surface area contributed by atoms with Crippen LogP contribution >= 0.6 is 27.3 Å². The van der Waals surface area contributed by atoms with Crippen LogP contribution in [0.4, 0.5) is 10.8 Å². The van der Waals surface area contributed by atoms with E-state index in [2.05, 4.69) is 31.6 Å². The van der Waals surface area contributed by atoms with Gasteiger partial charge in [0.15, 0.2) is 0 Å². The second-order valence-electron chi connectivity index (χ2n) is 3.38. The largest absolute Gasteiger partial charge is 0.301 e. The number of aromatic nitrogens is 3. The summed E-state index contributed by atoms with van der Waals surface area (Å²) in [5.74, 6) is 5.17. The Morgan fingerprint density at radius 1 is 1.58 bits per heavy atom. The Bertz CT molecular complexity index is 683. The number of anilines is 1. The van der Waals surface area contributed by atoms with Crippen LogP contribution in [0.2, 0.25) is 0 Å². The minimum absolute atomic E-state index is 0.0818. The van der Waals surface area contributed by atoms with Gasteiger partial charge in [-0.05, 0) is 15.9 Å². The number of nitrogens with zero attached hydrogens (tertiary/aromatic N) is 4. The van der Waals surface area contributed by atoms with Gasteiger partial charge in [0.05, 0.1) is 22.1 Å². The van der Waals surface area contributed by atoms with Crippen LogP contribution < -0.4 is 16.8 Å². The monoisotopic (exact) mass is 346 g/mol. The number of nitrogens with one attached hydrogen (secondary N) is 1. The Morgan fingerprint density at radius 3 is 2.89 bits per heavy atom. The van der Waals surface area contributed by atoms with E-state index < -0.39 is 4.92 Å². The molecule has 0 saturated heterocycles. The summed E-state index contributed by atoms with van der Waals surface area (Å²) in [6, 6.07) is 1.16. The lowest BCUT2D eigenvalue weighted by Crippen LogP contribution is -2.21. The van der Waals surface area contributed by atoms with Crippen LogP contribution in [0.3, 0.4) is 0 Å². The zero-order valence-corrected chi connectivity index (χ0v) is 11.6. The molecule has 0 aromatic carbocycles. The first-order valence-electron chi connectivity index (χ1n) is 4.84. The van der Waals surface area contributed by atoms with Gasteiger partial charge in [-0.1, -0.05) is 11.3 Å². The van der Waals surface area contributed by atoms with Crippen LogP contribution in [0.5, 0.6) is 0 Å². The Balaban J connectivity index is 2.38. The zero-order valence-electron chi connectivity index (χ0n) is 9.24. The fourth-order valence-electron chi connectivity index (χ4n) is 1.32. The third kappa shape index (κ3) is 2.94. The van der Waals surface area contributed by atoms with Crippen LogP contribution in [-0.2, 0) is 6.54 Å². The average Bonchev–Trinajstić information content (AvgIpc) is 2.82. The molecule has 0 spiro atoms. The van der Waals surface area contributed by atoms with E-state index in [1.165, 1.54) is 4.57 Å². The number of halogens is 1. The van der Waals surface area contributed by atoms with Crippen molar-refractivity contribution in [3.05, 3.63) is 42.2 Å². The van der Waals surface area contributed by atoms with Crippen molar-refractivity contribution in [1.82, 2.24) is 14.8 Å². The molecule has 0 aliphatic rings. The first-order valence-corrected chi connectivity index (χ1v) is 6.45. The average molecular weight is 347 g/mol. The minimum Gasteiger partial charge on any atom is -0.301 e. The Kier molecular flexibility index (Phi) is 3.87. The molecule has 19 heavy (non-hydrogen) atoms. The maximum absolute atomic E-state index is 11.8. The molecule has 100 valence electrons. The van der Waals surface area contributed by atoms with Gasteiger partial charge in [-0.2, -0.15) is 0 Å². The van der Waals surface area contributed by atoms with E-state index in [4.69, 9.17) is 5.84 Å². The number of hydrogen-bond acceptors (Lipinski definition) is 8. The van der Waals surface area contributed by atoms with Crippen molar-refractivity contribution in [3.8, 4) is 0 Å². The van der Waals surface area contributed by atoms with Crippen molar-refractivity contribution in [2.24, 2.45) is 5.84 Å². The highest BCUT2D eigenvalue weighted by atomic mass is 79.9. The summed E-state index contributed by atoms with van der Waals surface area (Å²) >= 11 is 4.15. The molecule has 3 N–H and O–H groups in total. The van der Waals surface area contributed by atoms with Crippen molar-refractivity contribution in [1.29, 1.82) is 0 Å². The molecule has 0 saturated carbocycles. The molecule has 2 aromatic rings. The standard InChI is InChI=1S/C8H7BrN6O3S/c9-5-1-4(15(17)18)2-14(7(5)16)3-6-12-13-8(11-10)19-6/h1-2H,3,10H2,(H,11,13). The highest BCUT2D eigenvalue weighted by Crippen LogP contribution is 2.17. The van der Waals surface area contributed by atoms with E-state index in [1.807, 2.05) is 0 Å². The van der Waals surface area contributed by atoms with Crippen molar-refractivity contribution in [3.63, 3.8) is 0 Å². The van der Waals surface area contributed by atoms with Crippen molar-refractivity contribution < 1.29 is 4.92 Å². The summed E-state index contributed by atoms with van der Waals surface area (Å²) in [5, 5.41) is 19.2. The number of nitrogen functional groups attached to an aromatic ring is 1. The first kappa shape index (κ1) is 13.6. The Morgan fingerprint density at radius 2 is 2.32 bits per heavy atom. The van der Waals surface area contributed by atoms with Gasteiger partial charge in [-0.3, -0.25) is 20.3 Å². The first-order chi connectivity index (χ1) is 9.01. The van der Waals surface area contributed by atoms with Gasteiger partial charge in [0.1, 0.15) is 5.01 Å². The molecule has 0 amide bonds. The van der Waals surface area contributed by atoms with E-state index in [1.54, 1.807) is 0 Å². The molecule has 2 rings (SSSR count). The number of nitrogens with two attached hydrogens (primary N) is 1. The van der Waals surface area contributed by atoms with Crippen LogP contribution in [-0.4, -0.2) is 19.7 Å². The van der Waals surface area contributed by atoms with Gasteiger partial charge in [-0.25, -0.2) is 5.84 Å². The van der Waals surface area contributed by atoms with Gasteiger partial charge >= 0.3 is 0 Å². The number of nitro groups is 1.